The molecular weight excluding hydrogens is 248 g/mol. The number of hydrogen-bond acceptors (Lipinski definition) is 4. The molecule has 0 fully saturated rings. The molecule has 0 radical (unpaired) electrons. The second-order valence-electron chi connectivity index (χ2n) is 4.94. The number of carbonyl (C=O) groups is 2. The Morgan fingerprint density at radius 1 is 1.42 bits per heavy atom. The van der Waals surface area contributed by atoms with E-state index < -0.39 is 17.4 Å². The number of benzene rings is 1. The van der Waals surface area contributed by atoms with Crippen LogP contribution in [0.25, 0.3) is 11.0 Å². The van der Waals surface area contributed by atoms with Crippen LogP contribution in [0.1, 0.15) is 30.6 Å². The Labute approximate surface area is 109 Å². The van der Waals surface area contributed by atoms with E-state index in [9.17, 15) is 9.59 Å². The lowest BCUT2D eigenvalue weighted by Gasteiger charge is -2.23. The lowest BCUT2D eigenvalue weighted by atomic mass is 10.00. The molecule has 100 valence electrons. The van der Waals surface area contributed by atoms with E-state index in [0.29, 0.717) is 11.0 Å². The average molecular weight is 262 g/mol. The highest BCUT2D eigenvalue weighted by Crippen LogP contribution is 2.25. The van der Waals surface area contributed by atoms with Gasteiger partial charge in [-0.3, -0.25) is 4.79 Å². The molecule has 0 saturated heterocycles. The van der Waals surface area contributed by atoms with Gasteiger partial charge in [-0.1, -0.05) is 11.3 Å². The van der Waals surface area contributed by atoms with Crippen LogP contribution in [0.15, 0.2) is 18.2 Å². The molecule has 3 N–H and O–H groups in total. The van der Waals surface area contributed by atoms with Gasteiger partial charge in [0.05, 0.1) is 23.0 Å². The summed E-state index contributed by atoms with van der Waals surface area (Å²) in [7, 11) is 0. The predicted octanol–water partition coefficient (Wildman–Crippen LogP) is 0.740. The number of nitrogens with two attached hydrogens (primary N) is 1. The monoisotopic (exact) mass is 262 g/mol. The van der Waals surface area contributed by atoms with E-state index in [1.165, 1.54) is 10.7 Å². The molecule has 0 saturated carbocycles. The normalized spacial score (nSPS) is 11.7. The Kier molecular flexibility index (Phi) is 2.97. The molecule has 0 aliphatic carbocycles. The first-order chi connectivity index (χ1) is 8.83. The second-order valence-corrected chi connectivity index (χ2v) is 4.94. The summed E-state index contributed by atoms with van der Waals surface area (Å²) in [5, 5.41) is 16.9. The van der Waals surface area contributed by atoms with Gasteiger partial charge in [-0.2, -0.15) is 0 Å². The van der Waals surface area contributed by atoms with Crippen molar-refractivity contribution in [2.45, 2.75) is 25.8 Å². The fourth-order valence-corrected chi connectivity index (χ4v) is 2.07. The van der Waals surface area contributed by atoms with Gasteiger partial charge in [-0.15, -0.1) is 5.10 Å². The highest BCUT2D eigenvalue weighted by Gasteiger charge is 2.27. The van der Waals surface area contributed by atoms with Crippen LogP contribution in [0.4, 0.5) is 0 Å². The van der Waals surface area contributed by atoms with Crippen LogP contribution in [0, 0.1) is 0 Å². The molecular formula is C12H14N4O3. The zero-order chi connectivity index (χ0) is 14.2. The fraction of sp³-hybridized carbons (Fsp3) is 0.333. The first kappa shape index (κ1) is 13.0. The summed E-state index contributed by atoms with van der Waals surface area (Å²) in [6, 6.07) is 4.79. The Balaban J connectivity index is 2.61. The molecule has 0 aliphatic heterocycles. The van der Waals surface area contributed by atoms with Crippen molar-refractivity contribution in [3.05, 3.63) is 23.8 Å². The number of rotatable bonds is 4. The van der Waals surface area contributed by atoms with Gasteiger partial charge >= 0.3 is 5.97 Å². The molecule has 1 heterocycles. The Bertz CT molecular complexity index is 660. The van der Waals surface area contributed by atoms with Crippen LogP contribution < -0.4 is 5.73 Å². The largest absolute Gasteiger partial charge is 0.478 e. The molecule has 0 unspecified atom stereocenters. The SMILES string of the molecule is CC(C)(CC(N)=O)n1nnc2c(C(=O)O)cccc21. The van der Waals surface area contributed by atoms with Crippen molar-refractivity contribution in [1.82, 2.24) is 15.0 Å². The van der Waals surface area contributed by atoms with Crippen LogP contribution >= 0.6 is 0 Å². The molecule has 7 heteroatoms. The molecule has 2 rings (SSSR count). The molecule has 0 spiro atoms. The quantitative estimate of drug-likeness (QED) is 0.844. The lowest BCUT2D eigenvalue weighted by molar-refractivity contribution is -0.119. The van der Waals surface area contributed by atoms with Gasteiger partial charge in [0, 0.05) is 0 Å². The van der Waals surface area contributed by atoms with E-state index in [0.717, 1.165) is 0 Å². The van der Waals surface area contributed by atoms with Crippen LogP contribution in [-0.2, 0) is 10.3 Å². The molecule has 1 amide bonds. The maximum absolute atomic E-state index is 11.1. The zero-order valence-electron chi connectivity index (χ0n) is 10.6. The number of fused-ring (bicyclic) bond motifs is 1. The van der Waals surface area contributed by atoms with E-state index in [1.807, 2.05) is 0 Å². The molecule has 7 nitrogen and oxygen atoms in total. The van der Waals surface area contributed by atoms with Crippen molar-refractivity contribution >= 4 is 22.9 Å². The van der Waals surface area contributed by atoms with E-state index in [4.69, 9.17) is 10.8 Å². The minimum atomic E-state index is -1.06. The van der Waals surface area contributed by atoms with Gasteiger partial charge in [-0.25, -0.2) is 9.48 Å². The Hall–Kier alpha value is -2.44. The number of carbonyl (C=O) groups excluding carboxylic acids is 1. The third-order valence-corrected chi connectivity index (χ3v) is 2.89. The fourth-order valence-electron chi connectivity index (χ4n) is 2.07. The minimum absolute atomic E-state index is 0.0821. The van der Waals surface area contributed by atoms with E-state index in [2.05, 4.69) is 10.3 Å². The summed E-state index contributed by atoms with van der Waals surface area (Å²) in [5.41, 5.74) is 5.49. The first-order valence-electron chi connectivity index (χ1n) is 5.69. The maximum Gasteiger partial charge on any atom is 0.338 e. The van der Waals surface area contributed by atoms with Crippen LogP contribution in [-0.4, -0.2) is 32.0 Å². The Morgan fingerprint density at radius 3 is 2.68 bits per heavy atom. The summed E-state index contributed by atoms with van der Waals surface area (Å²) < 4.78 is 1.53. The van der Waals surface area contributed by atoms with E-state index in [-0.39, 0.29) is 12.0 Å². The number of carboxylic acids is 1. The number of nitrogens with zero attached hydrogens (tertiary/aromatic N) is 3. The van der Waals surface area contributed by atoms with Crippen molar-refractivity contribution in [1.29, 1.82) is 0 Å². The van der Waals surface area contributed by atoms with Crippen LogP contribution in [0.3, 0.4) is 0 Å². The van der Waals surface area contributed by atoms with Crippen molar-refractivity contribution in [2.24, 2.45) is 5.73 Å². The molecule has 2 aromatic rings. The molecule has 1 aromatic heterocycles. The van der Waals surface area contributed by atoms with Crippen molar-refractivity contribution in [2.75, 3.05) is 0 Å². The smallest absolute Gasteiger partial charge is 0.338 e. The molecule has 0 aliphatic rings. The predicted molar refractivity (Wildman–Crippen MR) is 67.6 cm³/mol. The third-order valence-electron chi connectivity index (χ3n) is 2.89. The van der Waals surface area contributed by atoms with Crippen LogP contribution in [0.2, 0.25) is 0 Å². The zero-order valence-corrected chi connectivity index (χ0v) is 10.6. The first-order valence-corrected chi connectivity index (χ1v) is 5.69. The number of aromatic nitrogens is 3. The Morgan fingerprint density at radius 2 is 2.11 bits per heavy atom. The van der Waals surface area contributed by atoms with Gasteiger partial charge in [0.15, 0.2) is 0 Å². The number of carboxylic acid groups (broad SMARTS) is 1. The number of aromatic carboxylic acids is 1. The van der Waals surface area contributed by atoms with E-state index in [1.54, 1.807) is 26.0 Å². The third kappa shape index (κ3) is 2.26. The molecule has 0 bridgehead atoms. The summed E-state index contributed by atoms with van der Waals surface area (Å²) in [4.78, 5) is 22.2. The molecule has 19 heavy (non-hydrogen) atoms. The van der Waals surface area contributed by atoms with Crippen molar-refractivity contribution < 1.29 is 14.7 Å². The minimum Gasteiger partial charge on any atom is -0.478 e. The summed E-state index contributed by atoms with van der Waals surface area (Å²) in [6.45, 7) is 3.58. The standard InChI is InChI=1S/C12H14N4O3/c1-12(2,6-9(13)17)16-8-5-3-4-7(11(18)19)10(8)14-15-16/h3-5H,6H2,1-2H3,(H2,13,17)(H,18,19). The topological polar surface area (TPSA) is 111 Å². The number of hydrogen-bond donors (Lipinski definition) is 2. The highest BCUT2D eigenvalue weighted by molar-refractivity contribution is 6.00. The second kappa shape index (κ2) is 4.34. The average Bonchev–Trinajstić information content (AvgIpc) is 2.70. The lowest BCUT2D eigenvalue weighted by Crippen LogP contribution is -2.33. The van der Waals surface area contributed by atoms with Gasteiger partial charge in [0.25, 0.3) is 0 Å². The van der Waals surface area contributed by atoms with Crippen molar-refractivity contribution in [3.8, 4) is 0 Å². The van der Waals surface area contributed by atoms with Crippen LogP contribution in [0.5, 0.6) is 0 Å². The number of amides is 1. The molecule has 0 atom stereocenters. The summed E-state index contributed by atoms with van der Waals surface area (Å²) >= 11 is 0. The maximum atomic E-state index is 11.1. The number of primary amides is 1. The summed E-state index contributed by atoms with van der Waals surface area (Å²) in [5.74, 6) is -1.52. The van der Waals surface area contributed by atoms with E-state index >= 15 is 0 Å². The highest BCUT2D eigenvalue weighted by atomic mass is 16.4. The van der Waals surface area contributed by atoms with Gasteiger partial charge in [-0.05, 0) is 26.0 Å². The van der Waals surface area contributed by atoms with Crippen molar-refractivity contribution in [3.63, 3.8) is 0 Å². The van der Waals surface area contributed by atoms with Gasteiger partial charge in [0.2, 0.25) is 5.91 Å². The van der Waals surface area contributed by atoms with Gasteiger partial charge < -0.3 is 10.8 Å². The molecule has 1 aromatic carbocycles. The van der Waals surface area contributed by atoms with Gasteiger partial charge in [0.1, 0.15) is 5.52 Å². The summed E-state index contributed by atoms with van der Waals surface area (Å²) in [6.07, 6.45) is 0.0861.